The monoisotopic (exact) mass is 279 g/mol. The molecular formula is C15H21NO4. The molecule has 0 aliphatic carbocycles. The summed E-state index contributed by atoms with van der Waals surface area (Å²) in [6.45, 7) is 3.39. The number of nitrogens with zero attached hydrogens (tertiary/aromatic N) is 1. The summed E-state index contributed by atoms with van der Waals surface area (Å²) in [5.41, 5.74) is 0.908. The summed E-state index contributed by atoms with van der Waals surface area (Å²) < 4.78 is 15.9. The summed E-state index contributed by atoms with van der Waals surface area (Å²) in [4.78, 5) is 14.1. The zero-order valence-corrected chi connectivity index (χ0v) is 12.2. The van der Waals surface area contributed by atoms with Crippen LogP contribution in [0.15, 0.2) is 18.2 Å². The van der Waals surface area contributed by atoms with Crippen LogP contribution in [0.5, 0.6) is 11.5 Å². The first-order chi connectivity index (χ1) is 9.65. The van der Waals surface area contributed by atoms with Crippen LogP contribution in [0.2, 0.25) is 0 Å². The van der Waals surface area contributed by atoms with Crippen molar-refractivity contribution in [1.29, 1.82) is 0 Å². The molecule has 5 nitrogen and oxygen atoms in total. The average Bonchev–Trinajstić information content (AvgIpc) is 2.47. The fourth-order valence-electron chi connectivity index (χ4n) is 2.35. The predicted molar refractivity (Wildman–Crippen MR) is 75.0 cm³/mol. The fraction of sp³-hybridized carbons (Fsp3) is 0.533. The van der Waals surface area contributed by atoms with Gasteiger partial charge in [-0.1, -0.05) is 6.07 Å². The highest BCUT2D eigenvalue weighted by Crippen LogP contribution is 2.28. The van der Waals surface area contributed by atoms with Crippen molar-refractivity contribution >= 4 is 5.91 Å². The Balaban J connectivity index is 2.07. The van der Waals surface area contributed by atoms with Gasteiger partial charge in [-0.2, -0.15) is 0 Å². The minimum atomic E-state index is -0.142. The molecule has 1 atom stereocenters. The van der Waals surface area contributed by atoms with E-state index in [-0.39, 0.29) is 12.1 Å². The van der Waals surface area contributed by atoms with Crippen LogP contribution in [-0.2, 0) is 16.0 Å². The van der Waals surface area contributed by atoms with E-state index in [2.05, 4.69) is 0 Å². The molecule has 1 fully saturated rings. The molecule has 1 saturated heterocycles. The van der Waals surface area contributed by atoms with Gasteiger partial charge in [-0.15, -0.1) is 0 Å². The molecule has 110 valence electrons. The largest absolute Gasteiger partial charge is 0.493 e. The first-order valence-electron chi connectivity index (χ1n) is 6.77. The Bertz CT molecular complexity index is 475. The summed E-state index contributed by atoms with van der Waals surface area (Å²) >= 11 is 0. The number of hydrogen-bond donors (Lipinski definition) is 0. The maximum absolute atomic E-state index is 12.3. The molecule has 1 aromatic rings. The van der Waals surface area contributed by atoms with E-state index in [9.17, 15) is 4.79 Å². The van der Waals surface area contributed by atoms with Gasteiger partial charge in [0, 0.05) is 6.54 Å². The molecule has 1 aliphatic heterocycles. The van der Waals surface area contributed by atoms with Gasteiger partial charge < -0.3 is 19.1 Å². The van der Waals surface area contributed by atoms with Crippen LogP contribution >= 0.6 is 0 Å². The highest BCUT2D eigenvalue weighted by atomic mass is 16.5. The van der Waals surface area contributed by atoms with Gasteiger partial charge in [-0.25, -0.2) is 0 Å². The van der Waals surface area contributed by atoms with E-state index < -0.39 is 0 Å². The van der Waals surface area contributed by atoms with Crippen LogP contribution in [-0.4, -0.2) is 44.4 Å². The first kappa shape index (κ1) is 14.7. The Morgan fingerprint density at radius 3 is 2.75 bits per heavy atom. The third-order valence-corrected chi connectivity index (χ3v) is 3.46. The molecular weight excluding hydrogens is 258 g/mol. The van der Waals surface area contributed by atoms with Crippen molar-refractivity contribution in [2.24, 2.45) is 0 Å². The zero-order chi connectivity index (χ0) is 14.5. The van der Waals surface area contributed by atoms with E-state index >= 15 is 0 Å². The molecule has 0 bridgehead atoms. The summed E-state index contributed by atoms with van der Waals surface area (Å²) in [7, 11) is 3.18. The van der Waals surface area contributed by atoms with Crippen molar-refractivity contribution in [3.05, 3.63) is 23.8 Å². The maximum Gasteiger partial charge on any atom is 0.229 e. The van der Waals surface area contributed by atoms with Crippen molar-refractivity contribution in [2.45, 2.75) is 26.0 Å². The van der Waals surface area contributed by atoms with Crippen molar-refractivity contribution in [3.63, 3.8) is 0 Å². The third kappa shape index (κ3) is 3.22. The molecule has 0 N–H and O–H groups in total. The van der Waals surface area contributed by atoms with E-state index in [0.29, 0.717) is 17.9 Å². The SMILES string of the molecule is COc1ccc(CC(=O)N2CCCOC2C)cc1OC. The number of ether oxygens (including phenoxy) is 3. The number of carbonyl (C=O) groups is 1. The normalized spacial score (nSPS) is 18.8. The van der Waals surface area contributed by atoms with Crippen LogP contribution in [0.3, 0.4) is 0 Å². The number of hydrogen-bond acceptors (Lipinski definition) is 4. The van der Waals surface area contributed by atoms with Crippen LogP contribution in [0, 0.1) is 0 Å². The van der Waals surface area contributed by atoms with Gasteiger partial charge in [0.1, 0.15) is 6.23 Å². The molecule has 20 heavy (non-hydrogen) atoms. The van der Waals surface area contributed by atoms with Crippen LogP contribution in [0.25, 0.3) is 0 Å². The molecule has 5 heteroatoms. The van der Waals surface area contributed by atoms with Crippen molar-refractivity contribution in [2.75, 3.05) is 27.4 Å². The van der Waals surface area contributed by atoms with E-state index in [1.165, 1.54) is 0 Å². The number of amides is 1. The van der Waals surface area contributed by atoms with Crippen molar-refractivity contribution in [1.82, 2.24) is 4.90 Å². The van der Waals surface area contributed by atoms with Crippen LogP contribution < -0.4 is 9.47 Å². The lowest BCUT2D eigenvalue weighted by atomic mass is 10.1. The third-order valence-electron chi connectivity index (χ3n) is 3.46. The smallest absolute Gasteiger partial charge is 0.229 e. The van der Waals surface area contributed by atoms with E-state index in [1.54, 1.807) is 19.1 Å². The lowest BCUT2D eigenvalue weighted by Crippen LogP contribution is -2.45. The number of benzene rings is 1. The van der Waals surface area contributed by atoms with Gasteiger partial charge >= 0.3 is 0 Å². The minimum Gasteiger partial charge on any atom is -0.493 e. The predicted octanol–water partition coefficient (Wildman–Crippen LogP) is 1.84. The summed E-state index contributed by atoms with van der Waals surface area (Å²) in [6.07, 6.45) is 1.09. The van der Waals surface area contributed by atoms with Gasteiger partial charge in [0.25, 0.3) is 0 Å². The maximum atomic E-state index is 12.3. The van der Waals surface area contributed by atoms with Crippen molar-refractivity contribution in [3.8, 4) is 11.5 Å². The Morgan fingerprint density at radius 1 is 1.35 bits per heavy atom. The lowest BCUT2D eigenvalue weighted by molar-refractivity contribution is -0.151. The van der Waals surface area contributed by atoms with Crippen LogP contribution in [0.1, 0.15) is 18.9 Å². The van der Waals surface area contributed by atoms with E-state index in [1.807, 2.05) is 25.1 Å². The Labute approximate surface area is 119 Å². The Hall–Kier alpha value is -1.75. The summed E-state index contributed by atoms with van der Waals surface area (Å²) in [6, 6.07) is 5.54. The minimum absolute atomic E-state index is 0.0735. The van der Waals surface area contributed by atoms with Crippen molar-refractivity contribution < 1.29 is 19.0 Å². The molecule has 0 spiro atoms. The van der Waals surface area contributed by atoms with Gasteiger partial charge in [0.15, 0.2) is 11.5 Å². The topological polar surface area (TPSA) is 48.0 Å². The van der Waals surface area contributed by atoms with Gasteiger partial charge in [0.2, 0.25) is 5.91 Å². The first-order valence-corrected chi connectivity index (χ1v) is 6.77. The lowest BCUT2D eigenvalue weighted by Gasteiger charge is -2.33. The molecule has 1 aromatic carbocycles. The van der Waals surface area contributed by atoms with Gasteiger partial charge in [-0.05, 0) is 31.0 Å². The average molecular weight is 279 g/mol. The quantitative estimate of drug-likeness (QED) is 0.844. The van der Waals surface area contributed by atoms with Gasteiger partial charge in [0.05, 0.1) is 27.2 Å². The number of carbonyl (C=O) groups excluding carboxylic acids is 1. The fourth-order valence-corrected chi connectivity index (χ4v) is 2.35. The highest BCUT2D eigenvalue weighted by molar-refractivity contribution is 5.79. The second-order valence-corrected chi connectivity index (χ2v) is 4.78. The van der Waals surface area contributed by atoms with E-state index in [0.717, 1.165) is 25.1 Å². The second-order valence-electron chi connectivity index (χ2n) is 4.78. The van der Waals surface area contributed by atoms with Gasteiger partial charge in [-0.3, -0.25) is 4.79 Å². The summed E-state index contributed by atoms with van der Waals surface area (Å²) in [5.74, 6) is 1.38. The van der Waals surface area contributed by atoms with E-state index in [4.69, 9.17) is 14.2 Å². The highest BCUT2D eigenvalue weighted by Gasteiger charge is 2.23. The number of methoxy groups -OCH3 is 2. The second kappa shape index (κ2) is 6.61. The zero-order valence-electron chi connectivity index (χ0n) is 12.2. The molecule has 1 amide bonds. The molecule has 0 aromatic heterocycles. The molecule has 1 aliphatic rings. The number of rotatable bonds is 4. The Morgan fingerprint density at radius 2 is 2.10 bits per heavy atom. The standard InChI is InChI=1S/C15H21NO4/c1-11-16(7-4-8-20-11)15(17)10-12-5-6-13(18-2)14(9-12)19-3/h5-6,9,11H,4,7-8,10H2,1-3H3. The van der Waals surface area contributed by atoms with Crippen LogP contribution in [0.4, 0.5) is 0 Å². The summed E-state index contributed by atoms with van der Waals surface area (Å²) in [5, 5.41) is 0. The molecule has 0 saturated carbocycles. The molecule has 1 heterocycles. The molecule has 2 rings (SSSR count). The molecule has 0 radical (unpaired) electrons. The molecule has 1 unspecified atom stereocenters. The Kier molecular flexibility index (Phi) is 4.84.